The minimum absolute atomic E-state index is 0.231. The van der Waals surface area contributed by atoms with Gasteiger partial charge in [-0.3, -0.25) is 9.59 Å². The van der Waals surface area contributed by atoms with Gasteiger partial charge in [-0.1, -0.05) is 0 Å². The molecule has 0 spiro atoms. The van der Waals surface area contributed by atoms with E-state index in [9.17, 15) is 9.59 Å². The van der Waals surface area contributed by atoms with Crippen molar-refractivity contribution in [1.29, 1.82) is 0 Å². The van der Waals surface area contributed by atoms with Crippen molar-refractivity contribution < 1.29 is 19.1 Å². The maximum absolute atomic E-state index is 11.4. The first-order chi connectivity index (χ1) is 8.49. The fourth-order valence-electron chi connectivity index (χ4n) is 1.50. The molecule has 2 N–H and O–H groups in total. The first kappa shape index (κ1) is 13.8. The monoisotopic (exact) mass is 252 g/mol. The van der Waals surface area contributed by atoms with Crippen molar-refractivity contribution in [2.24, 2.45) is 5.73 Å². The van der Waals surface area contributed by atoms with Gasteiger partial charge in [0.1, 0.15) is 11.5 Å². The smallest absolute Gasteiger partial charge is 0.311 e. The quantitative estimate of drug-likeness (QED) is 0.773. The number of carbonyl (C=O) groups excluding carboxylic acids is 2. The van der Waals surface area contributed by atoms with Crippen LogP contribution in [-0.2, 0) is 16.1 Å². The average molecular weight is 252 g/mol. The summed E-state index contributed by atoms with van der Waals surface area (Å²) in [4.78, 5) is 23.4. The fraction of sp³-hybridized carbons (Fsp3) is 0.333. The van der Waals surface area contributed by atoms with Crippen molar-refractivity contribution in [3.63, 3.8) is 0 Å². The molecule has 0 fully saturated rings. The first-order valence-corrected chi connectivity index (χ1v) is 5.25. The highest BCUT2D eigenvalue weighted by Gasteiger charge is 2.16. The van der Waals surface area contributed by atoms with Crippen molar-refractivity contribution in [2.75, 3.05) is 21.3 Å². The summed E-state index contributed by atoms with van der Waals surface area (Å²) in [5.41, 5.74) is 5.68. The van der Waals surface area contributed by atoms with Crippen LogP contribution < -0.4 is 15.2 Å². The zero-order valence-electron chi connectivity index (χ0n) is 10.6. The minimum atomic E-state index is -0.982. The highest BCUT2D eigenvalue weighted by Crippen LogP contribution is 2.25. The number of nitrogens with two attached hydrogens (primary N) is 1. The Labute approximate surface area is 105 Å². The van der Waals surface area contributed by atoms with Gasteiger partial charge in [0.25, 0.3) is 0 Å². The Balaban J connectivity index is 2.90. The number of carbonyl (C=O) groups is 2. The van der Waals surface area contributed by atoms with Crippen LogP contribution in [0.3, 0.4) is 0 Å². The Bertz CT molecular complexity index is 459. The molecule has 0 aromatic heterocycles. The summed E-state index contributed by atoms with van der Waals surface area (Å²) in [6.45, 7) is 0.231. The standard InChI is InChI=1S/C12H16N2O4/c1-14(12(16)11(13)15)7-8-4-5-9(17-2)6-10(8)18-3/h4-6H,7H2,1-3H3,(H2,13,15). The molecule has 1 rings (SSSR count). The van der Waals surface area contributed by atoms with E-state index in [1.165, 1.54) is 19.1 Å². The second-order valence-corrected chi connectivity index (χ2v) is 3.70. The summed E-state index contributed by atoms with van der Waals surface area (Å²) >= 11 is 0. The molecule has 0 atom stereocenters. The molecule has 0 aliphatic heterocycles. The molecule has 6 nitrogen and oxygen atoms in total. The zero-order valence-corrected chi connectivity index (χ0v) is 10.6. The van der Waals surface area contributed by atoms with Crippen LogP contribution in [0.2, 0.25) is 0 Å². The van der Waals surface area contributed by atoms with E-state index in [0.29, 0.717) is 11.5 Å². The number of amides is 2. The predicted molar refractivity (Wildman–Crippen MR) is 65.2 cm³/mol. The van der Waals surface area contributed by atoms with Gasteiger partial charge < -0.3 is 20.1 Å². The van der Waals surface area contributed by atoms with Crippen LogP contribution in [0.5, 0.6) is 11.5 Å². The van der Waals surface area contributed by atoms with E-state index in [2.05, 4.69) is 0 Å². The number of nitrogens with zero attached hydrogens (tertiary/aromatic N) is 1. The second-order valence-electron chi connectivity index (χ2n) is 3.70. The van der Waals surface area contributed by atoms with E-state index < -0.39 is 11.8 Å². The maximum atomic E-state index is 11.4. The molecule has 0 radical (unpaired) electrons. The lowest BCUT2D eigenvalue weighted by Gasteiger charge is -2.17. The van der Waals surface area contributed by atoms with Crippen LogP contribution in [0.1, 0.15) is 5.56 Å². The van der Waals surface area contributed by atoms with Gasteiger partial charge >= 0.3 is 11.8 Å². The molecule has 0 unspecified atom stereocenters. The van der Waals surface area contributed by atoms with Crippen molar-refractivity contribution in [2.45, 2.75) is 6.54 Å². The van der Waals surface area contributed by atoms with Crippen molar-refractivity contribution >= 4 is 11.8 Å². The number of methoxy groups -OCH3 is 2. The molecule has 0 aliphatic carbocycles. The number of rotatable bonds is 4. The van der Waals surface area contributed by atoms with Crippen molar-refractivity contribution in [3.8, 4) is 11.5 Å². The SMILES string of the molecule is COc1ccc(CN(C)C(=O)C(N)=O)c(OC)c1. The zero-order chi connectivity index (χ0) is 13.7. The van der Waals surface area contributed by atoms with Crippen LogP contribution in [0.15, 0.2) is 18.2 Å². The molecule has 0 heterocycles. The third-order valence-electron chi connectivity index (χ3n) is 2.46. The minimum Gasteiger partial charge on any atom is -0.497 e. The Morgan fingerprint density at radius 1 is 1.28 bits per heavy atom. The van der Waals surface area contributed by atoms with Crippen LogP contribution >= 0.6 is 0 Å². The predicted octanol–water partition coefficient (Wildman–Crippen LogP) is 0.148. The highest BCUT2D eigenvalue weighted by atomic mass is 16.5. The highest BCUT2D eigenvalue weighted by molar-refractivity contribution is 6.34. The largest absolute Gasteiger partial charge is 0.497 e. The number of benzene rings is 1. The molecule has 2 amide bonds. The number of hydrogen-bond acceptors (Lipinski definition) is 4. The number of likely N-dealkylation sites (N-methyl/N-ethyl adjacent to an activating group) is 1. The number of primary amides is 1. The lowest BCUT2D eigenvalue weighted by Crippen LogP contribution is -2.37. The summed E-state index contributed by atoms with van der Waals surface area (Å²) in [5.74, 6) is -0.490. The molecule has 6 heteroatoms. The van der Waals surface area contributed by atoms with Gasteiger partial charge in [-0.15, -0.1) is 0 Å². The summed E-state index contributed by atoms with van der Waals surface area (Å²) in [6.07, 6.45) is 0. The molecule has 1 aromatic rings. The lowest BCUT2D eigenvalue weighted by atomic mass is 10.1. The molecule has 18 heavy (non-hydrogen) atoms. The molecule has 0 bridgehead atoms. The van der Waals surface area contributed by atoms with Gasteiger partial charge in [0.05, 0.1) is 14.2 Å². The second kappa shape index (κ2) is 5.90. The van der Waals surface area contributed by atoms with Gasteiger partial charge in [-0.2, -0.15) is 0 Å². The molecule has 0 saturated carbocycles. The van der Waals surface area contributed by atoms with Crippen LogP contribution in [0.4, 0.5) is 0 Å². The Hall–Kier alpha value is -2.24. The summed E-state index contributed by atoms with van der Waals surface area (Å²) < 4.78 is 10.3. The molecule has 0 saturated heterocycles. The average Bonchev–Trinajstić information content (AvgIpc) is 2.37. The van der Waals surface area contributed by atoms with Crippen LogP contribution in [-0.4, -0.2) is 38.0 Å². The van der Waals surface area contributed by atoms with Gasteiger partial charge in [0.2, 0.25) is 0 Å². The van der Waals surface area contributed by atoms with Gasteiger partial charge in [-0.05, 0) is 12.1 Å². The summed E-state index contributed by atoms with van der Waals surface area (Å²) in [7, 11) is 4.57. The molecular formula is C12H16N2O4. The lowest BCUT2D eigenvalue weighted by molar-refractivity contribution is -0.143. The molecular weight excluding hydrogens is 236 g/mol. The van der Waals surface area contributed by atoms with E-state index in [1.807, 2.05) is 0 Å². The van der Waals surface area contributed by atoms with Crippen molar-refractivity contribution in [1.82, 2.24) is 4.90 Å². The summed E-state index contributed by atoms with van der Waals surface area (Å²) in [5, 5.41) is 0. The van der Waals surface area contributed by atoms with E-state index in [-0.39, 0.29) is 6.54 Å². The van der Waals surface area contributed by atoms with Gasteiger partial charge in [-0.25, -0.2) is 0 Å². The van der Waals surface area contributed by atoms with Gasteiger partial charge in [0.15, 0.2) is 0 Å². The van der Waals surface area contributed by atoms with Crippen molar-refractivity contribution in [3.05, 3.63) is 23.8 Å². The first-order valence-electron chi connectivity index (χ1n) is 5.25. The Morgan fingerprint density at radius 3 is 2.44 bits per heavy atom. The molecule has 1 aromatic carbocycles. The van der Waals surface area contributed by atoms with E-state index in [0.717, 1.165) is 5.56 Å². The molecule has 98 valence electrons. The van der Waals surface area contributed by atoms with E-state index in [1.54, 1.807) is 25.3 Å². The van der Waals surface area contributed by atoms with Crippen LogP contribution in [0, 0.1) is 0 Å². The third kappa shape index (κ3) is 3.13. The Morgan fingerprint density at radius 2 is 1.94 bits per heavy atom. The number of ether oxygens (including phenoxy) is 2. The maximum Gasteiger partial charge on any atom is 0.311 e. The molecule has 0 aliphatic rings. The fourth-order valence-corrected chi connectivity index (χ4v) is 1.50. The topological polar surface area (TPSA) is 81.9 Å². The van der Waals surface area contributed by atoms with E-state index in [4.69, 9.17) is 15.2 Å². The summed E-state index contributed by atoms with van der Waals surface area (Å²) in [6, 6.07) is 5.22. The Kier molecular flexibility index (Phi) is 4.53. The van der Waals surface area contributed by atoms with Crippen LogP contribution in [0.25, 0.3) is 0 Å². The third-order valence-corrected chi connectivity index (χ3v) is 2.46. The van der Waals surface area contributed by atoms with Gasteiger partial charge in [0, 0.05) is 25.2 Å². The number of hydrogen-bond donors (Lipinski definition) is 1. The normalized spacial score (nSPS) is 9.72. The van der Waals surface area contributed by atoms with E-state index >= 15 is 0 Å².